The molecular weight excluding hydrogens is 286 g/mol. The van der Waals surface area contributed by atoms with Crippen molar-refractivity contribution in [2.75, 3.05) is 17.8 Å². The predicted octanol–water partition coefficient (Wildman–Crippen LogP) is 4.10. The molecule has 0 radical (unpaired) electrons. The van der Waals surface area contributed by atoms with E-state index in [1.165, 1.54) is 5.56 Å². The first kappa shape index (κ1) is 15.6. The molecule has 2 aromatic rings. The second-order valence-electron chi connectivity index (χ2n) is 4.72. The van der Waals surface area contributed by atoms with Gasteiger partial charge < -0.3 is 10.1 Å². The summed E-state index contributed by atoms with van der Waals surface area (Å²) in [5.74, 6) is 1.81. The molecular formula is C16H20ClN3O. The Hall–Kier alpha value is -1.81. The zero-order valence-corrected chi connectivity index (χ0v) is 13.2. The van der Waals surface area contributed by atoms with E-state index in [0.29, 0.717) is 24.3 Å². The normalized spacial score (nSPS) is 10.4. The molecule has 0 aliphatic carbocycles. The molecule has 0 saturated carbocycles. The summed E-state index contributed by atoms with van der Waals surface area (Å²) in [4.78, 5) is 8.72. The van der Waals surface area contributed by atoms with Crippen molar-refractivity contribution in [2.45, 2.75) is 26.7 Å². The van der Waals surface area contributed by atoms with Gasteiger partial charge in [-0.3, -0.25) is 0 Å². The van der Waals surface area contributed by atoms with E-state index in [1.54, 1.807) is 0 Å². The zero-order chi connectivity index (χ0) is 15.1. The second kappa shape index (κ2) is 7.84. The van der Waals surface area contributed by atoms with Crippen molar-refractivity contribution in [1.82, 2.24) is 9.97 Å². The van der Waals surface area contributed by atoms with Gasteiger partial charge in [0.15, 0.2) is 0 Å². The van der Waals surface area contributed by atoms with E-state index in [0.717, 1.165) is 24.2 Å². The van der Waals surface area contributed by atoms with Crippen molar-refractivity contribution in [1.29, 1.82) is 0 Å². The van der Waals surface area contributed by atoms with E-state index < -0.39 is 0 Å². The van der Waals surface area contributed by atoms with E-state index in [9.17, 15) is 0 Å². The van der Waals surface area contributed by atoms with Crippen LogP contribution in [0.3, 0.4) is 0 Å². The summed E-state index contributed by atoms with van der Waals surface area (Å²) in [5.41, 5.74) is 3.09. The summed E-state index contributed by atoms with van der Waals surface area (Å²) >= 11 is 5.74. The first-order valence-electron chi connectivity index (χ1n) is 7.11. The number of benzene rings is 1. The molecule has 0 spiro atoms. The molecule has 0 saturated heterocycles. The fraction of sp³-hybridized carbons (Fsp3) is 0.375. The minimum atomic E-state index is 0.549. The zero-order valence-electron chi connectivity index (χ0n) is 12.4. The quantitative estimate of drug-likeness (QED) is 0.782. The Labute approximate surface area is 130 Å². The van der Waals surface area contributed by atoms with Gasteiger partial charge >= 0.3 is 0 Å². The predicted molar refractivity (Wildman–Crippen MR) is 86.7 cm³/mol. The molecule has 0 amide bonds. The fourth-order valence-electron chi connectivity index (χ4n) is 2.02. The highest BCUT2D eigenvalue weighted by atomic mass is 35.5. The van der Waals surface area contributed by atoms with Crippen LogP contribution in [0, 0.1) is 6.92 Å². The van der Waals surface area contributed by atoms with Crippen molar-refractivity contribution in [2.24, 2.45) is 0 Å². The maximum Gasteiger partial charge on any atom is 0.230 e. The third-order valence-electron chi connectivity index (χ3n) is 2.91. The molecule has 1 aromatic heterocycles. The summed E-state index contributed by atoms with van der Waals surface area (Å²) in [7, 11) is 0. The number of aryl methyl sites for hydroxylation is 2. The van der Waals surface area contributed by atoms with Crippen LogP contribution in [0.25, 0.3) is 0 Å². The SMILES string of the molecule is CCOc1cc(C)nc(Nc2cccc(CCCCl)c2)n1. The summed E-state index contributed by atoms with van der Waals surface area (Å²) in [6.45, 7) is 4.45. The molecule has 0 atom stereocenters. The molecule has 0 fully saturated rings. The van der Waals surface area contributed by atoms with Crippen molar-refractivity contribution in [3.63, 3.8) is 0 Å². The molecule has 0 aliphatic rings. The molecule has 0 bridgehead atoms. The maximum absolute atomic E-state index is 5.74. The van der Waals surface area contributed by atoms with Crippen molar-refractivity contribution in [3.05, 3.63) is 41.6 Å². The van der Waals surface area contributed by atoms with Crippen LogP contribution in [0.15, 0.2) is 30.3 Å². The molecule has 5 heteroatoms. The molecule has 112 valence electrons. The summed E-state index contributed by atoms with van der Waals surface area (Å²) in [6.07, 6.45) is 1.94. The Morgan fingerprint density at radius 2 is 2.10 bits per heavy atom. The van der Waals surface area contributed by atoms with Gasteiger partial charge in [0.2, 0.25) is 11.8 Å². The van der Waals surface area contributed by atoms with Gasteiger partial charge in [0, 0.05) is 23.3 Å². The van der Waals surface area contributed by atoms with Crippen molar-refractivity contribution >= 4 is 23.2 Å². The first-order chi connectivity index (χ1) is 10.2. The third kappa shape index (κ3) is 4.90. The second-order valence-corrected chi connectivity index (χ2v) is 5.10. The lowest BCUT2D eigenvalue weighted by Gasteiger charge is -2.09. The molecule has 4 nitrogen and oxygen atoms in total. The molecule has 21 heavy (non-hydrogen) atoms. The lowest BCUT2D eigenvalue weighted by Crippen LogP contribution is -2.02. The number of nitrogens with zero attached hydrogens (tertiary/aromatic N) is 2. The average Bonchev–Trinajstić information content (AvgIpc) is 2.45. The van der Waals surface area contributed by atoms with E-state index in [2.05, 4.69) is 27.4 Å². The molecule has 2 rings (SSSR count). The highest BCUT2D eigenvalue weighted by Gasteiger charge is 2.04. The number of hydrogen-bond donors (Lipinski definition) is 1. The Morgan fingerprint density at radius 1 is 1.24 bits per heavy atom. The van der Waals surface area contributed by atoms with E-state index in [-0.39, 0.29) is 0 Å². The fourth-order valence-corrected chi connectivity index (χ4v) is 2.16. The van der Waals surface area contributed by atoms with Crippen molar-refractivity contribution < 1.29 is 4.74 Å². The first-order valence-corrected chi connectivity index (χ1v) is 7.65. The van der Waals surface area contributed by atoms with E-state index in [1.807, 2.05) is 32.0 Å². The lowest BCUT2D eigenvalue weighted by atomic mass is 10.1. The monoisotopic (exact) mass is 305 g/mol. The standard InChI is InChI=1S/C16H20ClN3O/c1-3-21-15-10-12(2)18-16(20-15)19-14-8-4-6-13(11-14)7-5-9-17/h4,6,8,10-11H,3,5,7,9H2,1-2H3,(H,18,19,20). The molecule has 1 heterocycles. The van der Waals surface area contributed by atoms with Crippen LogP contribution >= 0.6 is 11.6 Å². The average molecular weight is 306 g/mol. The largest absolute Gasteiger partial charge is 0.478 e. The molecule has 0 unspecified atom stereocenters. The summed E-state index contributed by atoms with van der Waals surface area (Å²) in [5, 5.41) is 3.23. The summed E-state index contributed by atoms with van der Waals surface area (Å²) < 4.78 is 5.44. The topological polar surface area (TPSA) is 47.0 Å². The number of alkyl halides is 1. The van der Waals surface area contributed by atoms with Crippen molar-refractivity contribution in [3.8, 4) is 5.88 Å². The van der Waals surface area contributed by atoms with Crippen LogP contribution in [0.5, 0.6) is 5.88 Å². The van der Waals surface area contributed by atoms with Crippen LogP contribution in [0.4, 0.5) is 11.6 Å². The van der Waals surface area contributed by atoms with Gasteiger partial charge in [-0.2, -0.15) is 4.98 Å². The molecule has 1 aromatic carbocycles. The Kier molecular flexibility index (Phi) is 5.81. The van der Waals surface area contributed by atoms with Crippen LogP contribution in [-0.2, 0) is 6.42 Å². The van der Waals surface area contributed by atoms with Crippen LogP contribution in [-0.4, -0.2) is 22.5 Å². The Morgan fingerprint density at radius 3 is 2.86 bits per heavy atom. The number of halogens is 1. The van der Waals surface area contributed by atoms with Gasteiger partial charge in [-0.25, -0.2) is 4.98 Å². The number of hydrogen-bond acceptors (Lipinski definition) is 4. The van der Waals surface area contributed by atoms with Gasteiger partial charge in [-0.15, -0.1) is 11.6 Å². The minimum Gasteiger partial charge on any atom is -0.478 e. The Balaban J connectivity index is 2.13. The lowest BCUT2D eigenvalue weighted by molar-refractivity contribution is 0.326. The van der Waals surface area contributed by atoms with Crippen LogP contribution in [0.2, 0.25) is 0 Å². The number of nitrogens with one attached hydrogen (secondary N) is 1. The minimum absolute atomic E-state index is 0.549. The summed E-state index contributed by atoms with van der Waals surface area (Å²) in [6, 6.07) is 10.0. The van der Waals surface area contributed by atoms with Gasteiger partial charge in [0.05, 0.1) is 6.61 Å². The third-order valence-corrected chi connectivity index (χ3v) is 3.17. The van der Waals surface area contributed by atoms with Gasteiger partial charge in [-0.05, 0) is 44.4 Å². The molecule has 1 N–H and O–H groups in total. The molecule has 0 aliphatic heterocycles. The van der Waals surface area contributed by atoms with Crippen LogP contribution < -0.4 is 10.1 Å². The number of ether oxygens (including phenoxy) is 1. The van der Waals surface area contributed by atoms with Gasteiger partial charge in [-0.1, -0.05) is 12.1 Å². The number of anilines is 2. The highest BCUT2D eigenvalue weighted by molar-refractivity contribution is 6.17. The maximum atomic E-state index is 5.74. The van der Waals surface area contributed by atoms with Gasteiger partial charge in [0.25, 0.3) is 0 Å². The number of rotatable bonds is 7. The smallest absolute Gasteiger partial charge is 0.230 e. The van der Waals surface area contributed by atoms with E-state index in [4.69, 9.17) is 16.3 Å². The van der Waals surface area contributed by atoms with Gasteiger partial charge in [0.1, 0.15) is 0 Å². The number of aromatic nitrogens is 2. The highest BCUT2D eigenvalue weighted by Crippen LogP contribution is 2.18. The van der Waals surface area contributed by atoms with E-state index >= 15 is 0 Å². The Bertz CT molecular complexity index is 589. The van der Waals surface area contributed by atoms with Crippen LogP contribution in [0.1, 0.15) is 24.6 Å².